The summed E-state index contributed by atoms with van der Waals surface area (Å²) in [4.78, 5) is 27.3. The average molecular weight is 421 g/mol. The van der Waals surface area contributed by atoms with Crippen molar-refractivity contribution in [1.82, 2.24) is 10.2 Å². The highest BCUT2D eigenvalue weighted by molar-refractivity contribution is 7.15. The summed E-state index contributed by atoms with van der Waals surface area (Å²) < 4.78 is 0. The van der Waals surface area contributed by atoms with Crippen LogP contribution >= 0.6 is 11.3 Å². The Morgan fingerprint density at radius 1 is 1.03 bits per heavy atom. The maximum atomic E-state index is 13.1. The lowest BCUT2D eigenvalue weighted by atomic mass is 9.93. The second-order valence-corrected chi connectivity index (χ2v) is 8.34. The Morgan fingerprint density at radius 3 is 2.37 bits per heavy atom. The van der Waals surface area contributed by atoms with E-state index in [4.69, 9.17) is 0 Å². The van der Waals surface area contributed by atoms with Gasteiger partial charge in [-0.3, -0.25) is 14.5 Å². The molecule has 2 N–H and O–H groups in total. The highest BCUT2D eigenvalue weighted by Gasteiger charge is 2.48. The van der Waals surface area contributed by atoms with Gasteiger partial charge in [0, 0.05) is 5.56 Å². The zero-order valence-electron chi connectivity index (χ0n) is 16.6. The molecular weight excluding hydrogens is 402 g/mol. The van der Waals surface area contributed by atoms with Gasteiger partial charge in [-0.1, -0.05) is 41.2 Å². The molecule has 1 aliphatic rings. The number of aliphatic hydroxyl groups is 1. The Hall–Kier alpha value is -3.52. The smallest absolute Gasteiger partial charge is 0.301 e. The molecule has 30 heavy (non-hydrogen) atoms. The van der Waals surface area contributed by atoms with E-state index in [2.05, 4.69) is 10.2 Å². The van der Waals surface area contributed by atoms with Crippen LogP contribution in [0.5, 0.6) is 5.75 Å². The third-order valence-electron chi connectivity index (χ3n) is 5.02. The summed E-state index contributed by atoms with van der Waals surface area (Å²) >= 11 is 1.18. The summed E-state index contributed by atoms with van der Waals surface area (Å²) in [5.74, 6) is -1.76. The topological polar surface area (TPSA) is 104 Å². The standard InChI is InChI=1S/C22H19N3O4S/c1-11-4-5-12(2)16(10-11)19(27)17-18(14-6-8-15(26)9-7-14)25(21(29)20(17)28)22-24-23-13(3)30-22/h4-10,18,26-27H,1-3H3/b19-17+. The number of aryl methyl sites for hydroxylation is 3. The van der Waals surface area contributed by atoms with E-state index in [1.54, 1.807) is 25.1 Å². The zero-order chi connectivity index (χ0) is 21.6. The van der Waals surface area contributed by atoms with Gasteiger partial charge in [0.1, 0.15) is 16.5 Å². The van der Waals surface area contributed by atoms with Crippen LogP contribution in [0, 0.1) is 20.8 Å². The lowest BCUT2D eigenvalue weighted by Crippen LogP contribution is -2.29. The molecule has 1 aromatic heterocycles. The van der Waals surface area contributed by atoms with Crippen molar-refractivity contribution in [2.24, 2.45) is 0 Å². The second-order valence-electron chi connectivity index (χ2n) is 7.18. The molecule has 2 heterocycles. The summed E-state index contributed by atoms with van der Waals surface area (Å²) in [6.45, 7) is 5.47. The van der Waals surface area contributed by atoms with Crippen molar-refractivity contribution < 1.29 is 19.8 Å². The first-order valence-electron chi connectivity index (χ1n) is 9.25. The number of ketones is 1. The highest BCUT2D eigenvalue weighted by Crippen LogP contribution is 2.43. The number of Topliss-reactive ketones (excluding diaryl/α,β-unsaturated/α-hetero) is 1. The Labute approximate surface area is 176 Å². The lowest BCUT2D eigenvalue weighted by Gasteiger charge is -2.22. The SMILES string of the molecule is Cc1ccc(C)c(/C(O)=C2\C(=O)C(=O)N(c3nnc(C)s3)C2c2ccc(O)cc2)c1. The van der Waals surface area contributed by atoms with Crippen LogP contribution in [-0.4, -0.2) is 32.1 Å². The van der Waals surface area contributed by atoms with Crippen molar-refractivity contribution in [2.75, 3.05) is 4.90 Å². The Kier molecular flexibility index (Phi) is 4.87. The molecule has 0 spiro atoms. The summed E-state index contributed by atoms with van der Waals surface area (Å²) in [5, 5.41) is 29.8. The molecular formula is C22H19N3O4S. The number of rotatable bonds is 3. The maximum absolute atomic E-state index is 13.1. The maximum Gasteiger partial charge on any atom is 0.301 e. The number of phenols is 1. The summed E-state index contributed by atoms with van der Waals surface area (Å²) in [7, 11) is 0. The molecule has 0 bridgehead atoms. The molecule has 4 rings (SSSR count). The fraction of sp³-hybridized carbons (Fsp3) is 0.182. The molecule has 2 aromatic carbocycles. The van der Waals surface area contributed by atoms with Crippen molar-refractivity contribution in [3.8, 4) is 5.75 Å². The van der Waals surface area contributed by atoms with Crippen LogP contribution in [0.1, 0.15) is 33.3 Å². The molecule has 0 aliphatic carbocycles. The molecule has 1 aliphatic heterocycles. The molecule has 8 heteroatoms. The first-order valence-corrected chi connectivity index (χ1v) is 10.1. The van der Waals surface area contributed by atoms with Gasteiger partial charge in [-0.15, -0.1) is 10.2 Å². The van der Waals surface area contributed by atoms with Crippen molar-refractivity contribution in [3.05, 3.63) is 75.3 Å². The number of anilines is 1. The van der Waals surface area contributed by atoms with E-state index in [9.17, 15) is 19.8 Å². The highest BCUT2D eigenvalue weighted by atomic mass is 32.1. The average Bonchev–Trinajstić information content (AvgIpc) is 3.25. The molecule has 1 fully saturated rings. The van der Waals surface area contributed by atoms with E-state index in [1.807, 2.05) is 26.0 Å². The monoisotopic (exact) mass is 421 g/mol. The predicted molar refractivity (Wildman–Crippen MR) is 113 cm³/mol. The van der Waals surface area contributed by atoms with Gasteiger partial charge in [0.25, 0.3) is 5.78 Å². The van der Waals surface area contributed by atoms with Crippen molar-refractivity contribution in [3.63, 3.8) is 0 Å². The Bertz CT molecular complexity index is 1200. The molecule has 1 saturated heterocycles. The number of nitrogens with zero attached hydrogens (tertiary/aromatic N) is 3. The normalized spacial score (nSPS) is 18.2. The minimum absolute atomic E-state index is 0.0211. The molecule has 0 radical (unpaired) electrons. The molecule has 1 amide bonds. The van der Waals surface area contributed by atoms with E-state index >= 15 is 0 Å². The number of aliphatic hydroxyl groups excluding tert-OH is 1. The number of hydrogen-bond donors (Lipinski definition) is 2. The molecule has 1 unspecified atom stereocenters. The van der Waals surface area contributed by atoms with Crippen LogP contribution in [0.25, 0.3) is 5.76 Å². The number of phenolic OH excluding ortho intramolecular Hbond substituents is 1. The summed E-state index contributed by atoms with van der Waals surface area (Å²) in [6, 6.07) is 10.8. The molecule has 0 saturated carbocycles. The van der Waals surface area contributed by atoms with Gasteiger partial charge in [-0.2, -0.15) is 0 Å². The fourth-order valence-corrected chi connectivity index (χ4v) is 4.24. The van der Waals surface area contributed by atoms with Gasteiger partial charge in [-0.25, -0.2) is 0 Å². The minimum atomic E-state index is -0.891. The summed E-state index contributed by atoms with van der Waals surface area (Å²) in [5.41, 5.74) is 2.72. The third kappa shape index (κ3) is 3.25. The largest absolute Gasteiger partial charge is 0.508 e. The number of benzene rings is 2. The number of carbonyl (C=O) groups is 2. The van der Waals surface area contributed by atoms with Crippen molar-refractivity contribution in [1.29, 1.82) is 0 Å². The predicted octanol–water partition coefficient (Wildman–Crippen LogP) is 3.80. The number of hydrogen-bond acceptors (Lipinski definition) is 7. The van der Waals surface area contributed by atoms with Crippen LogP contribution < -0.4 is 4.90 Å². The van der Waals surface area contributed by atoms with Gasteiger partial charge in [-0.05, 0) is 50.1 Å². The Morgan fingerprint density at radius 2 is 1.73 bits per heavy atom. The first kappa shape index (κ1) is 19.8. The molecule has 3 aromatic rings. The lowest BCUT2D eigenvalue weighted by molar-refractivity contribution is -0.132. The summed E-state index contributed by atoms with van der Waals surface area (Å²) in [6.07, 6.45) is 0. The number of aromatic hydroxyl groups is 1. The third-order valence-corrected chi connectivity index (χ3v) is 5.86. The van der Waals surface area contributed by atoms with Gasteiger partial charge in [0.15, 0.2) is 0 Å². The molecule has 7 nitrogen and oxygen atoms in total. The van der Waals surface area contributed by atoms with Crippen LogP contribution in [-0.2, 0) is 9.59 Å². The molecule has 152 valence electrons. The van der Waals surface area contributed by atoms with Gasteiger partial charge in [0.2, 0.25) is 5.13 Å². The van der Waals surface area contributed by atoms with Crippen molar-refractivity contribution >= 4 is 33.9 Å². The van der Waals surface area contributed by atoms with Crippen LogP contribution in [0.4, 0.5) is 5.13 Å². The number of aromatic nitrogens is 2. The Balaban J connectivity index is 1.97. The van der Waals surface area contributed by atoms with Crippen LogP contribution in [0.15, 0.2) is 48.0 Å². The quantitative estimate of drug-likeness (QED) is 0.379. The number of amides is 1. The van der Waals surface area contributed by atoms with E-state index in [1.165, 1.54) is 28.4 Å². The zero-order valence-corrected chi connectivity index (χ0v) is 17.4. The minimum Gasteiger partial charge on any atom is -0.508 e. The van der Waals surface area contributed by atoms with Crippen LogP contribution in [0.2, 0.25) is 0 Å². The second kappa shape index (κ2) is 7.38. The first-order chi connectivity index (χ1) is 14.3. The van der Waals surface area contributed by atoms with Gasteiger partial charge >= 0.3 is 5.91 Å². The van der Waals surface area contributed by atoms with E-state index < -0.39 is 17.7 Å². The number of carbonyl (C=O) groups excluding carboxylic acids is 2. The van der Waals surface area contributed by atoms with Gasteiger partial charge < -0.3 is 10.2 Å². The van der Waals surface area contributed by atoms with Crippen molar-refractivity contribution in [2.45, 2.75) is 26.8 Å². The van der Waals surface area contributed by atoms with E-state index in [-0.39, 0.29) is 22.2 Å². The van der Waals surface area contributed by atoms with Crippen LogP contribution in [0.3, 0.4) is 0 Å². The fourth-order valence-electron chi connectivity index (χ4n) is 3.52. The molecule has 1 atom stereocenters. The van der Waals surface area contributed by atoms with E-state index in [0.29, 0.717) is 16.1 Å². The van der Waals surface area contributed by atoms with Gasteiger partial charge in [0.05, 0.1) is 11.6 Å². The van der Waals surface area contributed by atoms with E-state index in [0.717, 1.165) is 11.1 Å².